The first-order valence-corrected chi connectivity index (χ1v) is 13.5. The molecule has 2 aliphatic rings. The van der Waals surface area contributed by atoms with Crippen molar-refractivity contribution >= 4 is 40.5 Å². The van der Waals surface area contributed by atoms with Crippen molar-refractivity contribution in [2.75, 3.05) is 43.7 Å². The molecule has 1 N–H and O–H groups in total. The molecule has 1 fully saturated rings. The fraction of sp³-hybridized carbons (Fsp3) is 0.370. The highest BCUT2D eigenvalue weighted by Gasteiger charge is 2.41. The Balaban J connectivity index is 1.60. The van der Waals surface area contributed by atoms with Crippen LogP contribution >= 0.6 is 11.3 Å². The van der Waals surface area contributed by atoms with Crippen molar-refractivity contribution in [3.05, 3.63) is 58.0 Å². The van der Waals surface area contributed by atoms with Gasteiger partial charge in [0.05, 0.1) is 37.9 Å². The summed E-state index contributed by atoms with van der Waals surface area (Å²) in [5.74, 6) is 0.172. The number of carbonyl (C=O) groups is 1. The van der Waals surface area contributed by atoms with Gasteiger partial charge in [0, 0.05) is 42.7 Å². The van der Waals surface area contributed by atoms with Gasteiger partial charge in [-0.25, -0.2) is 4.99 Å². The number of aliphatic imine (C=N–C) groups is 1. The van der Waals surface area contributed by atoms with Crippen molar-refractivity contribution in [1.29, 1.82) is 0 Å². The fourth-order valence-electron chi connectivity index (χ4n) is 5.19. The number of hydrogen-bond acceptors (Lipinski definition) is 9. The Bertz CT molecular complexity index is 1480. The first-order chi connectivity index (χ1) is 19.5. The van der Waals surface area contributed by atoms with Gasteiger partial charge >= 0.3 is 12.1 Å². The van der Waals surface area contributed by atoms with Gasteiger partial charge in [-0.2, -0.15) is 22.5 Å². The van der Waals surface area contributed by atoms with Crippen LogP contribution in [0.15, 0.2) is 46.8 Å². The SMILES string of the molecule is COc1cccc(N2CCN(C3=Nc4c(csc4F)C(CC(=O)O)N3c3cc(C(F)(F)F)ccc3OC)C[C@H]2C)n1. The molecule has 1 unspecified atom stereocenters. The molecule has 4 heterocycles. The normalized spacial score (nSPS) is 19.1. The number of aromatic nitrogens is 1. The van der Waals surface area contributed by atoms with Gasteiger partial charge in [-0.3, -0.25) is 4.79 Å². The minimum atomic E-state index is -4.67. The molecule has 2 atom stereocenters. The number of fused-ring (bicyclic) bond motifs is 1. The molecular formula is C27H27F4N5O4S. The molecule has 0 bridgehead atoms. The van der Waals surface area contributed by atoms with E-state index in [-0.39, 0.29) is 34.7 Å². The van der Waals surface area contributed by atoms with Crippen LogP contribution in [0.2, 0.25) is 0 Å². The summed E-state index contributed by atoms with van der Waals surface area (Å²) in [6.45, 7) is 3.10. The van der Waals surface area contributed by atoms with E-state index >= 15 is 0 Å². The lowest BCUT2D eigenvalue weighted by Gasteiger charge is -2.46. The van der Waals surface area contributed by atoms with Crippen molar-refractivity contribution < 1.29 is 36.9 Å². The first-order valence-electron chi connectivity index (χ1n) is 12.7. The number of benzene rings is 1. The van der Waals surface area contributed by atoms with E-state index in [0.29, 0.717) is 31.3 Å². The molecule has 5 rings (SSSR count). The standard InChI is InChI=1S/C27H27F4N5O4S/c1-15-13-34(9-10-35(15)21-5-4-6-22(32-21)40-3)26-33-24-17(14-41-25(24)28)18(12-23(37)38)36(26)19-11-16(27(29,30)31)7-8-20(19)39-2/h4-8,11,14-15,18H,9-10,12-13H2,1-3H3,(H,37,38)/t15-,18?/m1/s1. The number of carboxylic acid groups (broad SMARTS) is 1. The second-order valence-electron chi connectivity index (χ2n) is 9.62. The number of carboxylic acids is 1. The molecule has 2 aromatic heterocycles. The van der Waals surface area contributed by atoms with Crippen LogP contribution in [0, 0.1) is 5.13 Å². The van der Waals surface area contributed by atoms with E-state index in [1.807, 2.05) is 24.0 Å². The van der Waals surface area contributed by atoms with Crippen LogP contribution in [0.25, 0.3) is 0 Å². The monoisotopic (exact) mass is 593 g/mol. The number of alkyl halides is 3. The maximum atomic E-state index is 14.9. The van der Waals surface area contributed by atoms with E-state index in [1.165, 1.54) is 30.6 Å². The number of piperazine rings is 1. The number of halogens is 4. The smallest absolute Gasteiger partial charge is 0.416 e. The lowest BCUT2D eigenvalue weighted by molar-refractivity contribution is -0.138. The summed E-state index contributed by atoms with van der Waals surface area (Å²) in [6, 6.07) is 7.21. The second-order valence-corrected chi connectivity index (χ2v) is 10.4. The number of methoxy groups -OCH3 is 2. The van der Waals surface area contributed by atoms with Gasteiger partial charge in [-0.15, -0.1) is 11.3 Å². The number of nitrogens with zero attached hydrogens (tertiary/aromatic N) is 5. The van der Waals surface area contributed by atoms with E-state index in [0.717, 1.165) is 23.5 Å². The molecule has 0 spiro atoms. The van der Waals surface area contributed by atoms with Crippen molar-refractivity contribution in [2.24, 2.45) is 4.99 Å². The summed E-state index contributed by atoms with van der Waals surface area (Å²) in [7, 11) is 2.84. The molecule has 218 valence electrons. The fourth-order valence-corrected chi connectivity index (χ4v) is 5.97. The Morgan fingerprint density at radius 2 is 1.95 bits per heavy atom. The van der Waals surface area contributed by atoms with Crippen molar-refractivity contribution in [3.63, 3.8) is 0 Å². The van der Waals surface area contributed by atoms with Crippen molar-refractivity contribution in [1.82, 2.24) is 9.88 Å². The molecular weight excluding hydrogens is 566 g/mol. The van der Waals surface area contributed by atoms with Crippen LogP contribution in [-0.4, -0.2) is 66.8 Å². The highest BCUT2D eigenvalue weighted by molar-refractivity contribution is 7.08. The topological polar surface area (TPSA) is 90.7 Å². The Kier molecular flexibility index (Phi) is 7.68. The van der Waals surface area contributed by atoms with Crippen LogP contribution in [0.1, 0.15) is 30.5 Å². The summed E-state index contributed by atoms with van der Waals surface area (Å²) < 4.78 is 67.1. The molecule has 14 heteroatoms. The van der Waals surface area contributed by atoms with E-state index in [1.54, 1.807) is 6.07 Å². The number of guanidine groups is 1. The lowest BCUT2D eigenvalue weighted by Crippen LogP contribution is -2.58. The van der Waals surface area contributed by atoms with Gasteiger partial charge in [0.25, 0.3) is 0 Å². The van der Waals surface area contributed by atoms with Crippen LogP contribution < -0.4 is 19.3 Å². The zero-order valence-corrected chi connectivity index (χ0v) is 23.2. The molecule has 2 aliphatic heterocycles. The van der Waals surface area contributed by atoms with Crippen molar-refractivity contribution in [3.8, 4) is 11.6 Å². The van der Waals surface area contributed by atoms with E-state index < -0.39 is 35.3 Å². The van der Waals surface area contributed by atoms with E-state index in [4.69, 9.17) is 9.47 Å². The first kappa shape index (κ1) is 28.5. The molecule has 1 saturated heterocycles. The molecule has 3 aromatic rings. The van der Waals surface area contributed by atoms with Gasteiger partial charge in [-0.05, 0) is 31.2 Å². The number of aliphatic carboxylic acids is 1. The lowest BCUT2D eigenvalue weighted by atomic mass is 10.00. The Labute approximate surface area is 237 Å². The molecule has 9 nitrogen and oxygen atoms in total. The molecule has 0 amide bonds. The number of rotatable bonds is 6. The number of pyridine rings is 1. The maximum absolute atomic E-state index is 14.9. The minimum absolute atomic E-state index is 0.0111. The summed E-state index contributed by atoms with van der Waals surface area (Å²) >= 11 is 0.765. The van der Waals surface area contributed by atoms with Gasteiger partial charge in [0.15, 0.2) is 0 Å². The number of thiophene rings is 1. The van der Waals surface area contributed by atoms with E-state index in [9.17, 15) is 27.5 Å². The van der Waals surface area contributed by atoms with Crippen LogP contribution in [0.3, 0.4) is 0 Å². The average molecular weight is 594 g/mol. The zero-order valence-electron chi connectivity index (χ0n) is 22.4. The minimum Gasteiger partial charge on any atom is -0.495 e. The molecule has 41 heavy (non-hydrogen) atoms. The Morgan fingerprint density at radius 1 is 1.17 bits per heavy atom. The third kappa shape index (κ3) is 5.47. The zero-order chi connectivity index (χ0) is 29.5. The molecule has 0 aliphatic carbocycles. The highest BCUT2D eigenvalue weighted by Crippen LogP contribution is 2.47. The quantitative estimate of drug-likeness (QED) is 0.372. The largest absolute Gasteiger partial charge is 0.495 e. The number of ether oxygens (including phenoxy) is 2. The van der Waals surface area contributed by atoms with E-state index in [2.05, 4.69) is 14.9 Å². The average Bonchev–Trinajstić information content (AvgIpc) is 3.32. The maximum Gasteiger partial charge on any atom is 0.416 e. The van der Waals surface area contributed by atoms with Gasteiger partial charge in [0.2, 0.25) is 17.0 Å². The van der Waals surface area contributed by atoms with Crippen LogP contribution in [0.5, 0.6) is 11.6 Å². The molecule has 0 radical (unpaired) electrons. The third-order valence-corrected chi connectivity index (χ3v) is 7.88. The summed E-state index contributed by atoms with van der Waals surface area (Å²) in [5.41, 5.74) is -0.686. The number of anilines is 2. The summed E-state index contributed by atoms with van der Waals surface area (Å²) in [5, 5.41) is 10.7. The van der Waals surface area contributed by atoms with Gasteiger partial charge in [0.1, 0.15) is 17.3 Å². The predicted molar refractivity (Wildman–Crippen MR) is 146 cm³/mol. The third-order valence-electron chi connectivity index (χ3n) is 7.10. The predicted octanol–water partition coefficient (Wildman–Crippen LogP) is 5.55. The molecule has 0 saturated carbocycles. The van der Waals surface area contributed by atoms with Gasteiger partial charge in [-0.1, -0.05) is 6.07 Å². The Morgan fingerprint density at radius 3 is 2.61 bits per heavy atom. The molecule has 1 aromatic carbocycles. The summed E-state index contributed by atoms with van der Waals surface area (Å²) in [6.07, 6.45) is -5.18. The van der Waals surface area contributed by atoms with Gasteiger partial charge < -0.3 is 29.3 Å². The van der Waals surface area contributed by atoms with Crippen molar-refractivity contribution in [2.45, 2.75) is 31.6 Å². The highest BCUT2D eigenvalue weighted by atomic mass is 32.1. The second kappa shape index (κ2) is 11.1. The number of hydrogen-bond donors (Lipinski definition) is 1. The Hall–Kier alpha value is -4.07. The summed E-state index contributed by atoms with van der Waals surface area (Å²) in [4.78, 5) is 26.4. The van der Waals surface area contributed by atoms with Crippen LogP contribution in [-0.2, 0) is 11.0 Å². The van der Waals surface area contributed by atoms with Crippen LogP contribution in [0.4, 0.5) is 34.8 Å².